The fourth-order valence-corrected chi connectivity index (χ4v) is 7.89. The van der Waals surface area contributed by atoms with Crippen molar-refractivity contribution in [3.63, 3.8) is 0 Å². The van der Waals surface area contributed by atoms with Gasteiger partial charge in [-0.2, -0.15) is 0 Å². The molecule has 9 heteroatoms. The number of phosphoric ester groups is 1. The van der Waals surface area contributed by atoms with Gasteiger partial charge in [0.15, 0.2) is 0 Å². The van der Waals surface area contributed by atoms with Crippen molar-refractivity contribution < 1.29 is 32.9 Å². The summed E-state index contributed by atoms with van der Waals surface area (Å²) in [5, 5.41) is 13.8. The fourth-order valence-electron chi connectivity index (χ4n) is 7.17. The Bertz CT molecular complexity index is 1130. The average Bonchev–Trinajstić information content (AvgIpc) is 3.21. The van der Waals surface area contributed by atoms with Crippen molar-refractivity contribution in [3.05, 3.63) is 48.6 Å². The second-order valence-electron chi connectivity index (χ2n) is 18.5. The first-order valence-electron chi connectivity index (χ1n) is 25.5. The molecule has 0 aliphatic heterocycles. The molecule has 3 unspecified atom stereocenters. The largest absolute Gasteiger partial charge is 0.756 e. The van der Waals surface area contributed by atoms with Gasteiger partial charge in [-0.1, -0.05) is 204 Å². The second-order valence-corrected chi connectivity index (χ2v) is 19.9. The van der Waals surface area contributed by atoms with Crippen molar-refractivity contribution >= 4 is 13.7 Å². The van der Waals surface area contributed by atoms with Crippen molar-refractivity contribution in [2.45, 2.75) is 238 Å². The minimum absolute atomic E-state index is 0.00986. The molecule has 0 heterocycles. The van der Waals surface area contributed by atoms with E-state index in [-0.39, 0.29) is 12.5 Å². The van der Waals surface area contributed by atoms with Gasteiger partial charge in [-0.05, 0) is 64.2 Å². The summed E-state index contributed by atoms with van der Waals surface area (Å²) in [5.74, 6) is -0.213. The summed E-state index contributed by atoms with van der Waals surface area (Å²) in [5.41, 5.74) is 0. The van der Waals surface area contributed by atoms with Crippen LogP contribution in [0.25, 0.3) is 0 Å². The smallest absolute Gasteiger partial charge is 0.268 e. The molecule has 0 bridgehead atoms. The van der Waals surface area contributed by atoms with Gasteiger partial charge in [-0.15, -0.1) is 0 Å². The highest BCUT2D eigenvalue weighted by Crippen LogP contribution is 2.38. The van der Waals surface area contributed by atoms with E-state index in [4.69, 9.17) is 9.05 Å². The maximum atomic E-state index is 12.9. The molecule has 0 aliphatic carbocycles. The lowest BCUT2D eigenvalue weighted by Crippen LogP contribution is -2.45. The van der Waals surface area contributed by atoms with Gasteiger partial charge in [-0.25, -0.2) is 0 Å². The summed E-state index contributed by atoms with van der Waals surface area (Å²) < 4.78 is 23.2. The Morgan fingerprint density at radius 1 is 0.557 bits per heavy atom. The molecule has 358 valence electrons. The number of aliphatic hydroxyl groups is 1. The van der Waals surface area contributed by atoms with E-state index in [1.807, 2.05) is 27.2 Å². The zero-order chi connectivity index (χ0) is 45.0. The summed E-state index contributed by atoms with van der Waals surface area (Å²) in [6, 6.07) is -0.909. The molecule has 0 fully saturated rings. The lowest BCUT2D eigenvalue weighted by molar-refractivity contribution is -0.870. The molecule has 0 aromatic carbocycles. The molecule has 3 atom stereocenters. The first-order valence-corrected chi connectivity index (χ1v) is 27.0. The van der Waals surface area contributed by atoms with Crippen LogP contribution in [0.15, 0.2) is 48.6 Å². The maximum Gasteiger partial charge on any atom is 0.268 e. The number of quaternary nitrogens is 1. The zero-order valence-electron chi connectivity index (χ0n) is 40.6. The van der Waals surface area contributed by atoms with E-state index >= 15 is 0 Å². The Hall–Kier alpha value is -1.54. The molecule has 0 rings (SSSR count). The first kappa shape index (κ1) is 59.5. The van der Waals surface area contributed by atoms with E-state index in [0.29, 0.717) is 17.4 Å². The van der Waals surface area contributed by atoms with E-state index in [1.165, 1.54) is 154 Å². The third-order valence-electron chi connectivity index (χ3n) is 11.2. The minimum atomic E-state index is -4.60. The molecule has 8 nitrogen and oxygen atoms in total. The van der Waals surface area contributed by atoms with Crippen LogP contribution in [-0.2, 0) is 18.4 Å². The number of hydrogen-bond acceptors (Lipinski definition) is 6. The van der Waals surface area contributed by atoms with Crippen LogP contribution < -0.4 is 10.2 Å². The lowest BCUT2D eigenvalue weighted by atomic mass is 10.0. The van der Waals surface area contributed by atoms with E-state index in [1.54, 1.807) is 6.08 Å². The molecule has 0 saturated heterocycles. The SMILES string of the molecule is CCCC/C=C/CC/C=C/CC/C=C/C(O)C(COP(=O)([O-])OCC[N+](C)(C)C)NC(=O)CCCCCCCCCCCCC/C=C\CCCCCCCCCCCCCC. The molecule has 1 amide bonds. The predicted octanol–water partition coefficient (Wildman–Crippen LogP) is 14.2. The number of phosphoric acid groups is 1. The van der Waals surface area contributed by atoms with Gasteiger partial charge in [0.05, 0.1) is 39.9 Å². The third-order valence-corrected chi connectivity index (χ3v) is 12.2. The van der Waals surface area contributed by atoms with Gasteiger partial charge in [0.25, 0.3) is 7.82 Å². The van der Waals surface area contributed by atoms with Gasteiger partial charge in [0.1, 0.15) is 13.2 Å². The number of nitrogens with one attached hydrogen (secondary N) is 1. The van der Waals surface area contributed by atoms with Gasteiger partial charge in [-0.3, -0.25) is 9.36 Å². The molecule has 61 heavy (non-hydrogen) atoms. The molecular weight excluding hydrogens is 780 g/mol. The number of allylic oxidation sites excluding steroid dienone is 7. The Kier molecular flexibility index (Phi) is 42.6. The van der Waals surface area contributed by atoms with Gasteiger partial charge in [0, 0.05) is 6.42 Å². The van der Waals surface area contributed by atoms with E-state index in [2.05, 4.69) is 55.6 Å². The molecular formula is C52H99N2O6P. The topological polar surface area (TPSA) is 108 Å². The van der Waals surface area contributed by atoms with Crippen LogP contribution in [0.4, 0.5) is 0 Å². The van der Waals surface area contributed by atoms with Crippen LogP contribution in [0.3, 0.4) is 0 Å². The van der Waals surface area contributed by atoms with Crippen LogP contribution in [0.2, 0.25) is 0 Å². The highest BCUT2D eigenvalue weighted by atomic mass is 31.2. The Morgan fingerprint density at radius 2 is 0.934 bits per heavy atom. The Labute approximate surface area is 378 Å². The number of carbonyl (C=O) groups is 1. The van der Waals surface area contributed by atoms with Crippen molar-refractivity contribution in [1.29, 1.82) is 0 Å². The number of aliphatic hydroxyl groups excluding tert-OH is 1. The fraction of sp³-hybridized carbons (Fsp3) is 0.827. The van der Waals surface area contributed by atoms with Gasteiger partial charge < -0.3 is 28.8 Å². The molecule has 0 radical (unpaired) electrons. The minimum Gasteiger partial charge on any atom is -0.756 e. The second kappa shape index (κ2) is 43.7. The average molecular weight is 879 g/mol. The summed E-state index contributed by atoms with van der Waals surface area (Å²) in [7, 11) is 1.23. The zero-order valence-corrected chi connectivity index (χ0v) is 41.5. The normalized spacial score (nSPS) is 14.5. The number of amides is 1. The molecule has 2 N–H and O–H groups in total. The van der Waals surface area contributed by atoms with Gasteiger partial charge in [0.2, 0.25) is 5.91 Å². The predicted molar refractivity (Wildman–Crippen MR) is 261 cm³/mol. The summed E-state index contributed by atoms with van der Waals surface area (Å²) in [6.45, 7) is 4.57. The molecule has 0 spiro atoms. The van der Waals surface area contributed by atoms with Crippen molar-refractivity contribution in [2.75, 3.05) is 40.9 Å². The number of rotatable bonds is 46. The number of hydrogen-bond donors (Lipinski definition) is 2. The summed E-state index contributed by atoms with van der Waals surface area (Å²) >= 11 is 0. The van der Waals surface area contributed by atoms with Crippen LogP contribution in [-0.4, -0.2) is 68.5 Å². The monoisotopic (exact) mass is 879 g/mol. The Morgan fingerprint density at radius 3 is 1.38 bits per heavy atom. The van der Waals surface area contributed by atoms with Crippen molar-refractivity contribution in [1.82, 2.24) is 5.32 Å². The van der Waals surface area contributed by atoms with Crippen molar-refractivity contribution in [3.8, 4) is 0 Å². The Balaban J connectivity index is 4.17. The van der Waals surface area contributed by atoms with E-state index in [9.17, 15) is 19.4 Å². The number of likely N-dealkylation sites (N-methyl/N-ethyl adjacent to an activating group) is 1. The number of unbranched alkanes of at least 4 members (excludes halogenated alkanes) is 27. The van der Waals surface area contributed by atoms with E-state index in [0.717, 1.165) is 51.4 Å². The highest BCUT2D eigenvalue weighted by molar-refractivity contribution is 7.45. The van der Waals surface area contributed by atoms with Gasteiger partial charge >= 0.3 is 0 Å². The molecule has 0 aromatic heterocycles. The molecule has 0 aromatic rings. The standard InChI is InChI=1S/C52H99N2O6P/c1-6-8-10-12-14-16-18-20-21-22-23-24-25-26-27-28-29-30-31-32-33-34-36-38-40-42-44-46-52(56)53-50(49-60-61(57,58)59-48-47-54(3,4)5)51(55)45-43-41-39-37-35-19-17-15-13-11-9-7-2/h13,15,26-27,35,37,43,45,50-51,55H,6-12,14,16-25,28-34,36,38-42,44,46-49H2,1-5H3,(H-,53,56,57,58)/b15-13+,27-26-,37-35+,45-43+. The van der Waals surface area contributed by atoms with Crippen LogP contribution in [0, 0.1) is 0 Å². The van der Waals surface area contributed by atoms with E-state index < -0.39 is 26.6 Å². The van der Waals surface area contributed by atoms with Crippen molar-refractivity contribution in [2.24, 2.45) is 0 Å². The summed E-state index contributed by atoms with van der Waals surface area (Å²) in [4.78, 5) is 25.3. The quantitative estimate of drug-likeness (QED) is 0.0273. The highest BCUT2D eigenvalue weighted by Gasteiger charge is 2.23. The van der Waals surface area contributed by atoms with Crippen LogP contribution in [0.1, 0.15) is 226 Å². The number of nitrogens with zero attached hydrogens (tertiary/aromatic N) is 1. The lowest BCUT2D eigenvalue weighted by Gasteiger charge is -2.29. The summed E-state index contributed by atoms with van der Waals surface area (Å²) in [6.07, 6.45) is 56.2. The first-order chi connectivity index (χ1) is 29.5. The van der Waals surface area contributed by atoms with Crippen LogP contribution in [0.5, 0.6) is 0 Å². The molecule has 0 saturated carbocycles. The number of carbonyl (C=O) groups excluding carboxylic acids is 1. The third kappa shape index (κ3) is 46.3. The molecule has 0 aliphatic rings. The maximum absolute atomic E-state index is 12.9. The van der Waals surface area contributed by atoms with Crippen LogP contribution >= 0.6 is 7.82 Å².